The van der Waals surface area contributed by atoms with Gasteiger partial charge in [0.25, 0.3) is 5.91 Å². The molecule has 0 aliphatic heterocycles. The van der Waals surface area contributed by atoms with Crippen molar-refractivity contribution in [3.05, 3.63) is 141 Å². The largest absolute Gasteiger partial charge is 0.346 e. The van der Waals surface area contributed by atoms with E-state index in [2.05, 4.69) is 101 Å². The molecule has 0 spiro atoms. The van der Waals surface area contributed by atoms with Gasteiger partial charge in [-0.1, -0.05) is 72.8 Å². The Bertz CT molecular complexity index is 1520. The van der Waals surface area contributed by atoms with Crippen LogP contribution >= 0.6 is 0 Å². The van der Waals surface area contributed by atoms with Gasteiger partial charge in [0, 0.05) is 22.6 Å². The van der Waals surface area contributed by atoms with Crippen LogP contribution in [0.5, 0.6) is 0 Å². The zero-order chi connectivity index (χ0) is 29.4. The van der Waals surface area contributed by atoms with Crippen molar-refractivity contribution in [2.75, 3.05) is 0 Å². The number of rotatable bonds is 4. The van der Waals surface area contributed by atoms with E-state index in [-0.39, 0.29) is 17.0 Å². The predicted octanol–water partition coefficient (Wildman–Crippen LogP) is 7.49. The van der Waals surface area contributed by atoms with Crippen molar-refractivity contribution in [3.63, 3.8) is 0 Å². The lowest BCUT2D eigenvalue weighted by molar-refractivity contribution is 0.0909. The summed E-state index contributed by atoms with van der Waals surface area (Å²) in [5.41, 5.74) is 19.4. The van der Waals surface area contributed by atoms with Gasteiger partial charge >= 0.3 is 0 Å². The Morgan fingerprint density at radius 3 is 1.78 bits per heavy atom. The highest BCUT2D eigenvalue weighted by Crippen LogP contribution is 2.42. The molecule has 2 unspecified atom stereocenters. The first-order chi connectivity index (χ1) is 19.4. The summed E-state index contributed by atoms with van der Waals surface area (Å²) in [6, 6.07) is 29.4. The van der Waals surface area contributed by atoms with E-state index in [9.17, 15) is 4.79 Å². The standard InChI is InChI=1S/C19H21NO.C19H23N/c1-13-9-16-11-19(3,12-17(16)10-14(13)2)20-18(21)15-7-5-4-6-8-15;1-13-9-16-12-19(3,20)18(17(16)10-14(13)2)11-15-7-5-4-6-8-15/h4-10H,11-12H2,1-3H3,(H,20,21);4-10,18H,11-12,20H2,1-3H3. The first-order valence-corrected chi connectivity index (χ1v) is 14.8. The van der Waals surface area contributed by atoms with E-state index in [0.717, 1.165) is 31.2 Å². The van der Waals surface area contributed by atoms with Crippen molar-refractivity contribution in [1.29, 1.82) is 0 Å². The summed E-state index contributed by atoms with van der Waals surface area (Å²) in [6.45, 7) is 13.0. The first kappa shape index (κ1) is 28.8. The number of carbonyl (C=O) groups is 1. The Balaban J connectivity index is 0.000000165. The van der Waals surface area contributed by atoms with Crippen molar-refractivity contribution in [2.24, 2.45) is 5.73 Å². The van der Waals surface area contributed by atoms with Crippen LogP contribution in [0.15, 0.2) is 84.9 Å². The summed E-state index contributed by atoms with van der Waals surface area (Å²) in [5.74, 6) is 0.429. The lowest BCUT2D eigenvalue weighted by Gasteiger charge is -2.28. The van der Waals surface area contributed by atoms with Crippen LogP contribution in [0.2, 0.25) is 0 Å². The van der Waals surface area contributed by atoms with Gasteiger partial charge in [-0.05, 0) is 129 Å². The van der Waals surface area contributed by atoms with Gasteiger partial charge in [0.2, 0.25) is 0 Å². The number of hydrogen-bond acceptors (Lipinski definition) is 2. The summed E-state index contributed by atoms with van der Waals surface area (Å²) in [4.78, 5) is 12.4. The Morgan fingerprint density at radius 2 is 1.22 bits per heavy atom. The van der Waals surface area contributed by atoms with E-state index in [1.54, 1.807) is 0 Å². The number of aryl methyl sites for hydroxylation is 4. The SMILES string of the molecule is Cc1cc2c(cc1C)C(Cc1ccccc1)C(C)(N)C2.Cc1cc2c(cc1C)CC(C)(NC(=O)c1ccccc1)C2. The van der Waals surface area contributed by atoms with E-state index in [0.29, 0.717) is 5.92 Å². The number of fused-ring (bicyclic) bond motifs is 2. The minimum absolute atomic E-state index is 0.0133. The highest BCUT2D eigenvalue weighted by atomic mass is 16.1. The second-order valence-electron chi connectivity index (χ2n) is 13.0. The molecule has 2 aliphatic carbocycles. The van der Waals surface area contributed by atoms with Gasteiger partial charge in [0.1, 0.15) is 0 Å². The average molecular weight is 545 g/mol. The van der Waals surface area contributed by atoms with Gasteiger partial charge in [-0.3, -0.25) is 4.79 Å². The van der Waals surface area contributed by atoms with E-state index < -0.39 is 0 Å². The van der Waals surface area contributed by atoms with Gasteiger partial charge < -0.3 is 11.1 Å². The zero-order valence-corrected chi connectivity index (χ0v) is 25.5. The van der Waals surface area contributed by atoms with Gasteiger partial charge in [-0.15, -0.1) is 0 Å². The predicted molar refractivity (Wildman–Crippen MR) is 171 cm³/mol. The molecule has 4 aromatic rings. The molecule has 0 saturated heterocycles. The van der Waals surface area contributed by atoms with E-state index in [1.807, 2.05) is 30.3 Å². The van der Waals surface area contributed by atoms with Crippen molar-refractivity contribution in [2.45, 2.75) is 84.2 Å². The molecule has 0 radical (unpaired) electrons. The molecule has 0 fully saturated rings. The second kappa shape index (κ2) is 11.3. The molecule has 3 nitrogen and oxygen atoms in total. The molecule has 0 aromatic heterocycles. The van der Waals surface area contributed by atoms with Gasteiger partial charge in [0.15, 0.2) is 0 Å². The number of nitrogens with one attached hydrogen (secondary N) is 1. The maximum absolute atomic E-state index is 12.4. The molecule has 41 heavy (non-hydrogen) atoms. The summed E-state index contributed by atoms with van der Waals surface area (Å²) in [7, 11) is 0. The van der Waals surface area contributed by atoms with Gasteiger partial charge in [-0.2, -0.15) is 0 Å². The summed E-state index contributed by atoms with van der Waals surface area (Å²) >= 11 is 0. The van der Waals surface area contributed by atoms with Crippen LogP contribution in [0, 0.1) is 27.7 Å². The molecule has 4 aromatic carbocycles. The van der Waals surface area contributed by atoms with E-state index >= 15 is 0 Å². The molecule has 3 N–H and O–H groups in total. The molecule has 212 valence electrons. The third-order valence-corrected chi connectivity index (χ3v) is 9.21. The smallest absolute Gasteiger partial charge is 0.251 e. The minimum Gasteiger partial charge on any atom is -0.346 e. The monoisotopic (exact) mass is 544 g/mol. The van der Waals surface area contributed by atoms with Gasteiger partial charge in [0.05, 0.1) is 0 Å². The third kappa shape index (κ3) is 6.31. The maximum Gasteiger partial charge on any atom is 0.251 e. The number of benzene rings is 4. The van der Waals surface area contributed by atoms with Crippen LogP contribution < -0.4 is 11.1 Å². The van der Waals surface area contributed by atoms with Crippen LogP contribution in [0.1, 0.15) is 80.2 Å². The lowest BCUT2D eigenvalue weighted by atomic mass is 9.82. The van der Waals surface area contributed by atoms with Crippen LogP contribution in [0.25, 0.3) is 0 Å². The summed E-state index contributed by atoms with van der Waals surface area (Å²) in [5, 5.41) is 3.22. The van der Waals surface area contributed by atoms with Crippen molar-refractivity contribution >= 4 is 5.91 Å². The fourth-order valence-corrected chi connectivity index (χ4v) is 6.65. The van der Waals surface area contributed by atoms with Crippen LogP contribution in [-0.2, 0) is 25.7 Å². The Hall–Kier alpha value is -3.69. The fraction of sp³-hybridized carbons (Fsp3) is 0.342. The second-order valence-corrected chi connectivity index (χ2v) is 13.0. The fourth-order valence-electron chi connectivity index (χ4n) is 6.65. The van der Waals surface area contributed by atoms with Crippen molar-refractivity contribution < 1.29 is 4.79 Å². The molecule has 3 heteroatoms. The Labute approximate surface area is 246 Å². The number of amides is 1. The quantitative estimate of drug-likeness (QED) is 0.280. The van der Waals surface area contributed by atoms with Crippen LogP contribution in [-0.4, -0.2) is 17.0 Å². The minimum atomic E-state index is -0.185. The normalized spacial score (nSPS) is 20.0. The van der Waals surface area contributed by atoms with Crippen molar-refractivity contribution in [3.8, 4) is 0 Å². The molecule has 0 saturated carbocycles. The molecule has 0 heterocycles. The maximum atomic E-state index is 12.4. The van der Waals surface area contributed by atoms with E-state index in [1.165, 1.54) is 50.1 Å². The van der Waals surface area contributed by atoms with E-state index in [4.69, 9.17) is 5.73 Å². The topological polar surface area (TPSA) is 55.1 Å². The van der Waals surface area contributed by atoms with Gasteiger partial charge in [-0.25, -0.2) is 0 Å². The number of nitrogens with two attached hydrogens (primary N) is 1. The first-order valence-electron chi connectivity index (χ1n) is 14.8. The molecule has 2 atom stereocenters. The Kier molecular flexibility index (Phi) is 7.94. The van der Waals surface area contributed by atoms with Crippen molar-refractivity contribution in [1.82, 2.24) is 5.32 Å². The Morgan fingerprint density at radius 1 is 0.732 bits per heavy atom. The third-order valence-electron chi connectivity index (χ3n) is 9.21. The molecular formula is C38H44N2O. The van der Waals surface area contributed by atoms with Crippen LogP contribution in [0.4, 0.5) is 0 Å². The highest BCUT2D eigenvalue weighted by molar-refractivity contribution is 5.94. The number of carbonyl (C=O) groups excluding carboxylic acids is 1. The average Bonchev–Trinajstić information content (AvgIpc) is 3.37. The van der Waals surface area contributed by atoms with Crippen LogP contribution in [0.3, 0.4) is 0 Å². The molecule has 6 rings (SSSR count). The molecular weight excluding hydrogens is 500 g/mol. The highest BCUT2D eigenvalue weighted by Gasteiger charge is 2.39. The number of hydrogen-bond donors (Lipinski definition) is 2. The molecule has 2 aliphatic rings. The summed E-state index contributed by atoms with van der Waals surface area (Å²) < 4.78 is 0. The summed E-state index contributed by atoms with van der Waals surface area (Å²) in [6.07, 6.45) is 3.83. The lowest BCUT2D eigenvalue weighted by Crippen LogP contribution is -2.46. The zero-order valence-electron chi connectivity index (χ0n) is 25.5. The molecule has 1 amide bonds. The molecule has 0 bridgehead atoms.